The number of halogens is 2. The summed E-state index contributed by atoms with van der Waals surface area (Å²) in [6.07, 6.45) is 3.84. The monoisotopic (exact) mass is 294 g/mol. The molecule has 0 saturated heterocycles. The lowest BCUT2D eigenvalue weighted by molar-refractivity contribution is 0.0954. The Balaban J connectivity index is 1.88. The van der Waals surface area contributed by atoms with Gasteiger partial charge in [0.1, 0.15) is 0 Å². The number of hydrogen-bond acceptors (Lipinski definition) is 2. The summed E-state index contributed by atoms with van der Waals surface area (Å²) >= 11 is 11.9. The fourth-order valence-electron chi connectivity index (χ4n) is 1.64. The van der Waals surface area contributed by atoms with Gasteiger partial charge >= 0.3 is 0 Å². The topological polar surface area (TPSA) is 42.0 Å². The minimum absolute atomic E-state index is 0.118. The molecule has 1 amide bonds. The fourth-order valence-corrected chi connectivity index (χ4v) is 2.14. The van der Waals surface area contributed by atoms with E-state index < -0.39 is 0 Å². The minimum Gasteiger partial charge on any atom is -0.352 e. The molecule has 2 aromatic rings. The molecule has 0 bridgehead atoms. The minimum atomic E-state index is -0.118. The van der Waals surface area contributed by atoms with Gasteiger partial charge in [0.2, 0.25) is 0 Å². The molecular formula is C14H12Cl2N2O. The zero-order valence-corrected chi connectivity index (χ0v) is 11.6. The van der Waals surface area contributed by atoms with Crippen LogP contribution in [0.3, 0.4) is 0 Å². The zero-order valence-electron chi connectivity index (χ0n) is 10.1. The molecule has 2 rings (SSSR count). The van der Waals surface area contributed by atoms with Crippen molar-refractivity contribution in [3.05, 3.63) is 63.9 Å². The van der Waals surface area contributed by atoms with E-state index in [0.29, 0.717) is 28.6 Å². The Morgan fingerprint density at radius 3 is 2.58 bits per heavy atom. The largest absolute Gasteiger partial charge is 0.352 e. The van der Waals surface area contributed by atoms with Crippen LogP contribution >= 0.6 is 23.2 Å². The lowest BCUT2D eigenvalue weighted by Gasteiger charge is -2.07. The molecule has 0 radical (unpaired) electrons. The molecule has 0 atom stereocenters. The first-order chi connectivity index (χ1) is 9.16. The molecule has 1 aromatic carbocycles. The highest BCUT2D eigenvalue weighted by Crippen LogP contribution is 2.21. The quantitative estimate of drug-likeness (QED) is 0.939. The first kappa shape index (κ1) is 13.8. The normalized spacial score (nSPS) is 10.2. The van der Waals surface area contributed by atoms with Gasteiger partial charge in [0, 0.05) is 34.5 Å². The summed E-state index contributed by atoms with van der Waals surface area (Å²) < 4.78 is 0. The number of benzene rings is 1. The molecule has 0 saturated carbocycles. The van der Waals surface area contributed by atoms with E-state index in [0.717, 1.165) is 5.56 Å². The molecule has 1 heterocycles. The molecule has 0 spiro atoms. The molecular weight excluding hydrogens is 283 g/mol. The molecule has 0 fully saturated rings. The number of rotatable bonds is 4. The summed E-state index contributed by atoms with van der Waals surface area (Å²) in [4.78, 5) is 15.6. The molecule has 1 aromatic heterocycles. The van der Waals surface area contributed by atoms with Crippen molar-refractivity contribution < 1.29 is 4.79 Å². The maximum Gasteiger partial charge on any atom is 0.251 e. The molecule has 19 heavy (non-hydrogen) atoms. The van der Waals surface area contributed by atoms with Gasteiger partial charge in [-0.3, -0.25) is 9.78 Å². The van der Waals surface area contributed by atoms with Gasteiger partial charge in [-0.05, 0) is 36.2 Å². The fraction of sp³-hybridized carbons (Fsp3) is 0.143. The molecule has 0 unspecified atom stereocenters. The van der Waals surface area contributed by atoms with E-state index in [9.17, 15) is 4.79 Å². The Kier molecular flexibility index (Phi) is 4.77. The second kappa shape index (κ2) is 6.55. The summed E-state index contributed by atoms with van der Waals surface area (Å²) in [7, 11) is 0. The number of carbonyl (C=O) groups is 1. The molecule has 5 heteroatoms. The number of carbonyl (C=O) groups excluding carboxylic acids is 1. The van der Waals surface area contributed by atoms with Gasteiger partial charge in [-0.2, -0.15) is 0 Å². The van der Waals surface area contributed by atoms with Crippen LogP contribution in [0.2, 0.25) is 10.0 Å². The number of amides is 1. The molecule has 0 aliphatic rings. The Morgan fingerprint density at radius 1 is 1.16 bits per heavy atom. The summed E-state index contributed by atoms with van der Waals surface area (Å²) in [5.41, 5.74) is 1.55. The third kappa shape index (κ3) is 3.94. The number of hydrogen-bond donors (Lipinski definition) is 1. The number of aromatic nitrogens is 1. The second-order valence-electron chi connectivity index (χ2n) is 3.98. The molecule has 3 nitrogen and oxygen atoms in total. The van der Waals surface area contributed by atoms with E-state index >= 15 is 0 Å². The van der Waals surface area contributed by atoms with Crippen molar-refractivity contribution in [2.24, 2.45) is 0 Å². The van der Waals surface area contributed by atoms with Crippen LogP contribution in [0, 0.1) is 0 Å². The smallest absolute Gasteiger partial charge is 0.251 e. The summed E-state index contributed by atoms with van der Waals surface area (Å²) in [5, 5.41) is 4.05. The highest BCUT2D eigenvalue weighted by Gasteiger charge is 2.05. The highest BCUT2D eigenvalue weighted by atomic mass is 35.5. The van der Waals surface area contributed by atoms with Gasteiger partial charge in [0.05, 0.1) is 0 Å². The average molecular weight is 295 g/mol. The van der Waals surface area contributed by atoms with E-state index in [2.05, 4.69) is 10.3 Å². The van der Waals surface area contributed by atoms with Crippen LogP contribution in [0.5, 0.6) is 0 Å². The molecule has 1 N–H and O–H groups in total. The van der Waals surface area contributed by atoms with Crippen molar-refractivity contribution in [3.8, 4) is 0 Å². The Morgan fingerprint density at radius 2 is 1.89 bits per heavy atom. The Labute approximate surface area is 121 Å². The second-order valence-corrected chi connectivity index (χ2v) is 4.82. The summed E-state index contributed by atoms with van der Waals surface area (Å²) in [5.74, 6) is -0.118. The number of nitrogens with one attached hydrogen (secondary N) is 1. The van der Waals surface area contributed by atoms with E-state index in [4.69, 9.17) is 23.2 Å². The van der Waals surface area contributed by atoms with E-state index in [1.54, 1.807) is 36.7 Å². The van der Waals surface area contributed by atoms with Crippen molar-refractivity contribution in [1.29, 1.82) is 0 Å². The van der Waals surface area contributed by atoms with E-state index in [1.807, 2.05) is 6.07 Å². The predicted octanol–water partition coefficient (Wildman–Crippen LogP) is 3.36. The van der Waals surface area contributed by atoms with Gasteiger partial charge in [-0.25, -0.2) is 0 Å². The van der Waals surface area contributed by atoms with Gasteiger partial charge in [-0.15, -0.1) is 0 Å². The van der Waals surface area contributed by atoms with Crippen LogP contribution in [0.1, 0.15) is 15.9 Å². The maximum absolute atomic E-state index is 11.8. The molecule has 98 valence electrons. The third-order valence-electron chi connectivity index (χ3n) is 2.64. The number of nitrogens with zero attached hydrogens (tertiary/aromatic N) is 1. The van der Waals surface area contributed by atoms with E-state index in [1.165, 1.54) is 0 Å². The maximum atomic E-state index is 11.8. The van der Waals surface area contributed by atoms with Crippen molar-refractivity contribution in [3.63, 3.8) is 0 Å². The van der Waals surface area contributed by atoms with Crippen molar-refractivity contribution >= 4 is 29.1 Å². The predicted molar refractivity (Wildman–Crippen MR) is 76.7 cm³/mol. The van der Waals surface area contributed by atoms with Crippen LogP contribution < -0.4 is 5.32 Å². The average Bonchev–Trinajstić information content (AvgIpc) is 2.42. The molecule has 0 aliphatic carbocycles. The van der Waals surface area contributed by atoms with Crippen LogP contribution in [0.25, 0.3) is 0 Å². The van der Waals surface area contributed by atoms with Crippen LogP contribution in [-0.4, -0.2) is 17.4 Å². The molecule has 0 aliphatic heterocycles. The standard InChI is InChI=1S/C14H12Cl2N2O/c15-12-2-1-10(13(16)9-12)5-8-18-14(19)11-3-6-17-7-4-11/h1-4,6-7,9H,5,8H2,(H,18,19). The van der Waals surface area contributed by atoms with Crippen LogP contribution in [0.15, 0.2) is 42.7 Å². The van der Waals surface area contributed by atoms with Crippen LogP contribution in [0.4, 0.5) is 0 Å². The zero-order chi connectivity index (χ0) is 13.7. The van der Waals surface area contributed by atoms with Crippen molar-refractivity contribution in [2.75, 3.05) is 6.54 Å². The first-order valence-corrected chi connectivity index (χ1v) is 6.54. The SMILES string of the molecule is O=C(NCCc1ccc(Cl)cc1Cl)c1ccncc1. The Bertz CT molecular complexity index is 573. The first-order valence-electron chi connectivity index (χ1n) is 5.79. The van der Waals surface area contributed by atoms with Crippen LogP contribution in [-0.2, 0) is 6.42 Å². The van der Waals surface area contributed by atoms with Crippen molar-refractivity contribution in [1.82, 2.24) is 10.3 Å². The third-order valence-corrected chi connectivity index (χ3v) is 3.22. The summed E-state index contributed by atoms with van der Waals surface area (Å²) in [6.45, 7) is 0.516. The number of pyridine rings is 1. The summed E-state index contributed by atoms with van der Waals surface area (Å²) in [6, 6.07) is 8.69. The van der Waals surface area contributed by atoms with Gasteiger partial charge < -0.3 is 5.32 Å². The highest BCUT2D eigenvalue weighted by molar-refractivity contribution is 6.35. The van der Waals surface area contributed by atoms with Crippen molar-refractivity contribution in [2.45, 2.75) is 6.42 Å². The van der Waals surface area contributed by atoms with Gasteiger partial charge in [0.25, 0.3) is 5.91 Å². The lowest BCUT2D eigenvalue weighted by Crippen LogP contribution is -2.25. The van der Waals surface area contributed by atoms with Gasteiger partial charge in [-0.1, -0.05) is 29.3 Å². The van der Waals surface area contributed by atoms with E-state index in [-0.39, 0.29) is 5.91 Å². The Hall–Kier alpha value is -1.58. The lowest BCUT2D eigenvalue weighted by atomic mass is 10.1. The van der Waals surface area contributed by atoms with Gasteiger partial charge in [0.15, 0.2) is 0 Å².